The number of rotatable bonds is 0. The van der Waals surface area contributed by atoms with Crippen LogP contribution in [0.4, 0.5) is 0 Å². The van der Waals surface area contributed by atoms with E-state index in [1.807, 2.05) is 0 Å². The van der Waals surface area contributed by atoms with Gasteiger partial charge in [0.05, 0.1) is 6.04 Å². The largest absolute Gasteiger partial charge is 0.327 e. The van der Waals surface area contributed by atoms with E-state index < -0.39 is 0 Å². The van der Waals surface area contributed by atoms with Gasteiger partial charge in [-0.3, -0.25) is 4.99 Å². The molecule has 0 aromatic carbocycles. The Kier molecular flexibility index (Phi) is 3.01. The third-order valence-corrected chi connectivity index (χ3v) is 8.93. The molecule has 0 radical (unpaired) electrons. The second-order valence-electron chi connectivity index (χ2n) is 9.62. The maximum absolute atomic E-state index is 6.28. The number of allylic oxidation sites excluding steroid dienone is 1. The van der Waals surface area contributed by atoms with Crippen molar-refractivity contribution < 1.29 is 0 Å². The summed E-state index contributed by atoms with van der Waals surface area (Å²) >= 11 is 0. The Morgan fingerprint density at radius 2 is 1.91 bits per heavy atom. The van der Waals surface area contributed by atoms with Crippen molar-refractivity contribution in [3.63, 3.8) is 0 Å². The Labute approximate surface area is 141 Å². The predicted octanol–water partition coefficient (Wildman–Crippen LogP) is 4.35. The van der Waals surface area contributed by atoms with Crippen LogP contribution in [0.5, 0.6) is 0 Å². The van der Waals surface area contributed by atoms with Gasteiger partial charge in [-0.15, -0.1) is 0 Å². The molecule has 0 aromatic rings. The average molecular weight is 313 g/mol. The molecular weight excluding hydrogens is 280 g/mol. The highest BCUT2D eigenvalue weighted by Gasteiger charge is 2.61. The minimum absolute atomic E-state index is 0.416. The molecule has 1 spiro atoms. The van der Waals surface area contributed by atoms with E-state index in [-0.39, 0.29) is 0 Å². The molecule has 0 bridgehead atoms. The lowest BCUT2D eigenvalue weighted by Crippen LogP contribution is -2.51. The molecule has 3 saturated carbocycles. The number of aliphatic imine (C=N–C) groups is 1. The lowest BCUT2D eigenvalue weighted by molar-refractivity contribution is -0.0148. The fourth-order valence-corrected chi connectivity index (χ4v) is 7.76. The van der Waals surface area contributed by atoms with Crippen LogP contribution in [-0.4, -0.2) is 18.3 Å². The summed E-state index contributed by atoms with van der Waals surface area (Å²) in [7, 11) is 0. The fourth-order valence-electron chi connectivity index (χ4n) is 7.76. The molecule has 2 heteroatoms. The first kappa shape index (κ1) is 14.7. The fraction of sp³-hybridized carbons (Fsp3) is 0.857. The maximum Gasteiger partial charge on any atom is 0.0504 e. The first-order valence-corrected chi connectivity index (χ1v) is 10.0. The molecule has 5 aliphatic rings. The first-order chi connectivity index (χ1) is 11.0. The molecule has 0 amide bonds. The maximum atomic E-state index is 6.28. The third kappa shape index (κ3) is 1.77. The first-order valence-electron chi connectivity index (χ1n) is 10.0. The summed E-state index contributed by atoms with van der Waals surface area (Å²) in [5.41, 5.74) is 8.94. The Morgan fingerprint density at radius 1 is 1.09 bits per heavy atom. The number of hydrogen-bond acceptors (Lipinski definition) is 2. The molecule has 2 nitrogen and oxygen atoms in total. The summed E-state index contributed by atoms with van der Waals surface area (Å²) < 4.78 is 0. The molecule has 1 heterocycles. The summed E-state index contributed by atoms with van der Waals surface area (Å²) in [5.74, 6) is 3.58. The summed E-state index contributed by atoms with van der Waals surface area (Å²) in [6.45, 7) is 4.93. The van der Waals surface area contributed by atoms with Crippen molar-refractivity contribution in [3.05, 3.63) is 11.6 Å². The quantitative estimate of drug-likeness (QED) is 0.664. The minimum atomic E-state index is 0.416. The summed E-state index contributed by atoms with van der Waals surface area (Å²) in [6.07, 6.45) is 15.8. The molecule has 23 heavy (non-hydrogen) atoms. The number of fused-ring (bicyclic) bond motifs is 4. The molecule has 0 aromatic heterocycles. The highest BCUT2D eigenvalue weighted by atomic mass is 14.9. The summed E-state index contributed by atoms with van der Waals surface area (Å²) in [5, 5.41) is 0. The van der Waals surface area contributed by atoms with Crippen LogP contribution in [0, 0.1) is 34.5 Å². The van der Waals surface area contributed by atoms with Crippen LogP contribution in [-0.2, 0) is 0 Å². The molecule has 3 fully saturated rings. The normalized spacial score (nSPS) is 57.3. The molecular formula is C21H32N2. The van der Waals surface area contributed by atoms with Gasteiger partial charge < -0.3 is 5.73 Å². The molecule has 0 unspecified atom stereocenters. The van der Waals surface area contributed by atoms with Crippen molar-refractivity contribution in [2.45, 2.75) is 77.3 Å². The van der Waals surface area contributed by atoms with Gasteiger partial charge in [-0.25, -0.2) is 0 Å². The van der Waals surface area contributed by atoms with Gasteiger partial charge in [-0.2, -0.15) is 0 Å². The molecule has 2 N–H and O–H groups in total. The van der Waals surface area contributed by atoms with Gasteiger partial charge in [-0.1, -0.05) is 18.6 Å². The zero-order chi connectivity index (χ0) is 15.8. The second kappa shape index (κ2) is 4.71. The van der Waals surface area contributed by atoms with E-state index in [0.29, 0.717) is 22.9 Å². The minimum Gasteiger partial charge on any atom is -0.327 e. The Balaban J connectivity index is 1.51. The Morgan fingerprint density at radius 3 is 2.78 bits per heavy atom. The number of nitrogens with two attached hydrogens (primary N) is 1. The monoisotopic (exact) mass is 312 g/mol. The van der Waals surface area contributed by atoms with Crippen LogP contribution in [0.25, 0.3) is 0 Å². The van der Waals surface area contributed by atoms with Gasteiger partial charge in [0.1, 0.15) is 0 Å². The van der Waals surface area contributed by atoms with Crippen molar-refractivity contribution in [1.29, 1.82) is 0 Å². The van der Waals surface area contributed by atoms with Gasteiger partial charge in [0.2, 0.25) is 0 Å². The average Bonchev–Trinajstić information content (AvgIpc) is 3.06. The number of hydrogen-bond donors (Lipinski definition) is 1. The molecule has 4 aliphatic carbocycles. The lowest BCUT2D eigenvalue weighted by atomic mass is 9.47. The van der Waals surface area contributed by atoms with E-state index in [1.165, 1.54) is 44.9 Å². The lowest BCUT2D eigenvalue weighted by Gasteiger charge is -2.57. The standard InChI is InChI=1S/C21H32N2/c1-13-17-5-6-19-16-4-3-14-11-15(22)7-9-20(14,2)18(16)8-10-21(17,19)12-23-13/h3,12-13,15-19H,4-11,22H2,1-2H3/t13-,15+,16+,17-,18+,19+,20-,21+/m1/s1. The molecule has 126 valence electrons. The summed E-state index contributed by atoms with van der Waals surface area (Å²) in [6, 6.07) is 0.994. The second-order valence-corrected chi connectivity index (χ2v) is 9.62. The van der Waals surface area contributed by atoms with Crippen LogP contribution in [0.15, 0.2) is 16.6 Å². The summed E-state index contributed by atoms with van der Waals surface area (Å²) in [4.78, 5) is 4.89. The van der Waals surface area contributed by atoms with Crippen molar-refractivity contribution in [2.24, 2.45) is 45.2 Å². The van der Waals surface area contributed by atoms with E-state index in [1.54, 1.807) is 5.57 Å². The van der Waals surface area contributed by atoms with Crippen LogP contribution in [0.3, 0.4) is 0 Å². The number of nitrogens with zero attached hydrogens (tertiary/aromatic N) is 1. The highest BCUT2D eigenvalue weighted by Crippen LogP contribution is 2.67. The van der Waals surface area contributed by atoms with Crippen LogP contribution >= 0.6 is 0 Å². The Hall–Kier alpha value is -0.630. The highest BCUT2D eigenvalue weighted by molar-refractivity contribution is 5.71. The van der Waals surface area contributed by atoms with E-state index in [2.05, 4.69) is 26.1 Å². The van der Waals surface area contributed by atoms with Crippen LogP contribution in [0.2, 0.25) is 0 Å². The van der Waals surface area contributed by atoms with Crippen LogP contribution < -0.4 is 5.73 Å². The molecule has 1 aliphatic heterocycles. The molecule has 8 atom stereocenters. The predicted molar refractivity (Wildman–Crippen MR) is 95.4 cm³/mol. The van der Waals surface area contributed by atoms with Gasteiger partial charge in [0, 0.05) is 17.7 Å². The van der Waals surface area contributed by atoms with Crippen LogP contribution in [0.1, 0.15) is 65.2 Å². The van der Waals surface area contributed by atoms with Gasteiger partial charge in [0.25, 0.3) is 0 Å². The van der Waals surface area contributed by atoms with E-state index >= 15 is 0 Å². The van der Waals surface area contributed by atoms with E-state index in [9.17, 15) is 0 Å². The van der Waals surface area contributed by atoms with Gasteiger partial charge in [-0.05, 0) is 87.4 Å². The van der Waals surface area contributed by atoms with Crippen molar-refractivity contribution in [2.75, 3.05) is 0 Å². The molecule has 5 rings (SSSR count). The van der Waals surface area contributed by atoms with Crippen molar-refractivity contribution >= 4 is 6.21 Å². The Bertz CT molecular complexity index is 578. The molecule has 0 saturated heterocycles. The zero-order valence-electron chi connectivity index (χ0n) is 14.8. The van der Waals surface area contributed by atoms with Gasteiger partial charge >= 0.3 is 0 Å². The zero-order valence-corrected chi connectivity index (χ0v) is 14.8. The SMILES string of the molecule is C[C@H]1N=C[C@]23CC[C@H]4[C@H](CC=C5C[C@@H](N)CC[C@]54C)[C@@H]2CC[C@H]13. The van der Waals surface area contributed by atoms with E-state index in [0.717, 1.165) is 30.1 Å². The van der Waals surface area contributed by atoms with E-state index in [4.69, 9.17) is 10.7 Å². The smallest absolute Gasteiger partial charge is 0.0504 e. The van der Waals surface area contributed by atoms with Crippen molar-refractivity contribution in [1.82, 2.24) is 0 Å². The van der Waals surface area contributed by atoms with Crippen molar-refractivity contribution in [3.8, 4) is 0 Å². The third-order valence-electron chi connectivity index (χ3n) is 8.93. The topological polar surface area (TPSA) is 38.4 Å². The van der Waals surface area contributed by atoms with Gasteiger partial charge in [0.15, 0.2) is 0 Å².